The molecular formula is C16H19F3N2O4. The Kier molecular flexibility index (Phi) is 6.11. The first-order valence-electron chi connectivity index (χ1n) is 7.75. The number of carboxylic acids is 1. The second-order valence-corrected chi connectivity index (χ2v) is 6.05. The van der Waals surface area contributed by atoms with Crippen molar-refractivity contribution in [2.75, 3.05) is 25.0 Å². The van der Waals surface area contributed by atoms with E-state index in [9.17, 15) is 22.8 Å². The Balaban J connectivity index is 2.10. The van der Waals surface area contributed by atoms with Gasteiger partial charge in [-0.2, -0.15) is 0 Å². The maximum atomic E-state index is 13.3. The summed E-state index contributed by atoms with van der Waals surface area (Å²) < 4.78 is 42.7. The number of hydrogen-bond acceptors (Lipinski definition) is 3. The van der Waals surface area contributed by atoms with Crippen LogP contribution in [0.15, 0.2) is 18.2 Å². The normalized spacial score (nSPS) is 20.4. The molecule has 1 fully saturated rings. The van der Waals surface area contributed by atoms with Crippen molar-refractivity contribution in [2.45, 2.75) is 19.8 Å². The van der Waals surface area contributed by atoms with E-state index >= 15 is 0 Å². The smallest absolute Gasteiger partial charge is 0.321 e. The molecule has 1 aliphatic rings. The zero-order valence-corrected chi connectivity index (χ0v) is 13.5. The molecule has 6 nitrogen and oxygen atoms in total. The summed E-state index contributed by atoms with van der Waals surface area (Å²) >= 11 is 0. The lowest BCUT2D eigenvalue weighted by Gasteiger charge is -2.34. The van der Waals surface area contributed by atoms with Gasteiger partial charge in [-0.25, -0.2) is 18.0 Å². The highest BCUT2D eigenvalue weighted by Crippen LogP contribution is 2.28. The molecule has 1 aromatic rings. The second kappa shape index (κ2) is 8.09. The number of amides is 2. The average molecular weight is 360 g/mol. The number of anilines is 1. The zero-order chi connectivity index (χ0) is 18.6. The van der Waals surface area contributed by atoms with Crippen LogP contribution in [0.5, 0.6) is 5.75 Å². The quantitative estimate of drug-likeness (QED) is 0.846. The molecule has 0 saturated carbocycles. The summed E-state index contributed by atoms with van der Waals surface area (Å²) in [7, 11) is 0. The summed E-state index contributed by atoms with van der Waals surface area (Å²) in [6.07, 6.45) is -2.27. The van der Waals surface area contributed by atoms with Gasteiger partial charge in [0.25, 0.3) is 6.43 Å². The fourth-order valence-corrected chi connectivity index (χ4v) is 2.76. The molecule has 9 heteroatoms. The lowest BCUT2D eigenvalue weighted by atomic mass is 9.91. The molecule has 2 unspecified atom stereocenters. The molecule has 0 spiro atoms. The van der Waals surface area contributed by atoms with E-state index in [2.05, 4.69) is 5.32 Å². The van der Waals surface area contributed by atoms with Crippen molar-refractivity contribution >= 4 is 17.7 Å². The van der Waals surface area contributed by atoms with Crippen molar-refractivity contribution in [3.05, 3.63) is 24.0 Å². The predicted molar refractivity (Wildman–Crippen MR) is 83.4 cm³/mol. The fourth-order valence-electron chi connectivity index (χ4n) is 2.76. The largest absolute Gasteiger partial charge is 0.485 e. The third kappa shape index (κ3) is 5.27. The van der Waals surface area contributed by atoms with Crippen LogP contribution in [0.1, 0.15) is 13.3 Å². The highest BCUT2D eigenvalue weighted by molar-refractivity contribution is 5.91. The monoisotopic (exact) mass is 360 g/mol. The van der Waals surface area contributed by atoms with Crippen LogP contribution in [0.4, 0.5) is 23.7 Å². The number of ether oxygens (including phenoxy) is 1. The third-order valence-electron chi connectivity index (χ3n) is 3.85. The van der Waals surface area contributed by atoms with Crippen LogP contribution in [0.2, 0.25) is 0 Å². The zero-order valence-electron chi connectivity index (χ0n) is 13.5. The SMILES string of the molecule is CC1CC(C(=O)O)CN(C(=O)Nc2ccc(F)cc2OCC(F)F)C1. The number of carbonyl (C=O) groups excluding carboxylic acids is 1. The summed E-state index contributed by atoms with van der Waals surface area (Å²) in [5.41, 5.74) is 0.0390. The summed E-state index contributed by atoms with van der Waals surface area (Å²) in [5.74, 6) is -2.55. The summed E-state index contributed by atoms with van der Waals surface area (Å²) in [4.78, 5) is 24.9. The van der Waals surface area contributed by atoms with E-state index in [1.807, 2.05) is 6.92 Å². The number of hydrogen-bond donors (Lipinski definition) is 2. The number of benzene rings is 1. The molecule has 1 heterocycles. The lowest BCUT2D eigenvalue weighted by molar-refractivity contribution is -0.143. The number of halogens is 3. The van der Waals surface area contributed by atoms with E-state index in [-0.39, 0.29) is 23.9 Å². The van der Waals surface area contributed by atoms with Crippen LogP contribution >= 0.6 is 0 Å². The van der Waals surface area contributed by atoms with Gasteiger partial charge >= 0.3 is 12.0 Å². The molecule has 1 saturated heterocycles. The van der Waals surface area contributed by atoms with Gasteiger partial charge in [0.05, 0.1) is 11.6 Å². The Morgan fingerprint density at radius 1 is 1.40 bits per heavy atom. The number of rotatable bonds is 5. The van der Waals surface area contributed by atoms with Crippen LogP contribution in [0.25, 0.3) is 0 Å². The molecule has 2 rings (SSSR count). The van der Waals surface area contributed by atoms with Gasteiger partial charge in [0.15, 0.2) is 0 Å². The van der Waals surface area contributed by atoms with Gasteiger partial charge in [-0.1, -0.05) is 6.92 Å². The van der Waals surface area contributed by atoms with E-state index in [0.29, 0.717) is 13.0 Å². The Bertz CT molecular complexity index is 642. The van der Waals surface area contributed by atoms with Crippen molar-refractivity contribution in [3.63, 3.8) is 0 Å². The number of piperidine rings is 1. The van der Waals surface area contributed by atoms with Crippen molar-refractivity contribution in [1.29, 1.82) is 0 Å². The first-order valence-corrected chi connectivity index (χ1v) is 7.75. The molecule has 1 aliphatic heterocycles. The van der Waals surface area contributed by atoms with Crippen LogP contribution < -0.4 is 10.1 Å². The van der Waals surface area contributed by atoms with Gasteiger partial charge < -0.3 is 20.1 Å². The molecule has 1 aromatic carbocycles. The van der Waals surface area contributed by atoms with Crippen molar-refractivity contribution in [3.8, 4) is 5.75 Å². The van der Waals surface area contributed by atoms with Gasteiger partial charge in [0.2, 0.25) is 0 Å². The van der Waals surface area contributed by atoms with Crippen LogP contribution in [0.3, 0.4) is 0 Å². The standard InChI is InChI=1S/C16H19F3N2O4/c1-9-4-10(15(22)23)7-21(6-9)16(24)20-12-3-2-11(17)5-13(12)25-8-14(18)19/h2-3,5,9-10,14H,4,6-8H2,1H3,(H,20,24)(H,22,23). The van der Waals surface area contributed by atoms with Gasteiger partial charge in [-0.3, -0.25) is 4.79 Å². The number of nitrogens with one attached hydrogen (secondary N) is 1. The topological polar surface area (TPSA) is 78.9 Å². The first kappa shape index (κ1) is 18.9. The lowest BCUT2D eigenvalue weighted by Crippen LogP contribution is -2.47. The van der Waals surface area contributed by atoms with Crippen LogP contribution in [-0.2, 0) is 4.79 Å². The molecule has 0 aliphatic carbocycles. The van der Waals surface area contributed by atoms with E-state index in [1.165, 1.54) is 11.0 Å². The molecule has 25 heavy (non-hydrogen) atoms. The van der Waals surface area contributed by atoms with Gasteiger partial charge in [-0.05, 0) is 24.5 Å². The Hall–Kier alpha value is -2.45. The molecule has 0 aromatic heterocycles. The first-order chi connectivity index (χ1) is 11.8. The maximum absolute atomic E-state index is 13.3. The van der Waals surface area contributed by atoms with Gasteiger partial charge in [-0.15, -0.1) is 0 Å². The second-order valence-electron chi connectivity index (χ2n) is 6.05. The van der Waals surface area contributed by atoms with Gasteiger partial charge in [0.1, 0.15) is 18.2 Å². The van der Waals surface area contributed by atoms with Crippen LogP contribution in [-0.4, -0.2) is 48.1 Å². The minimum atomic E-state index is -2.74. The van der Waals surface area contributed by atoms with Crippen molar-refractivity contribution in [1.82, 2.24) is 4.90 Å². The minimum absolute atomic E-state index is 0.00312. The highest BCUT2D eigenvalue weighted by atomic mass is 19.3. The van der Waals surface area contributed by atoms with E-state index in [4.69, 9.17) is 9.84 Å². The molecule has 2 atom stereocenters. The fraction of sp³-hybridized carbons (Fsp3) is 0.500. The molecule has 138 valence electrons. The number of likely N-dealkylation sites (tertiary alicyclic amines) is 1. The Labute approximate surface area is 142 Å². The minimum Gasteiger partial charge on any atom is -0.485 e. The predicted octanol–water partition coefficient (Wildman–Crippen LogP) is 3.04. The molecular weight excluding hydrogens is 341 g/mol. The highest BCUT2D eigenvalue weighted by Gasteiger charge is 2.32. The number of alkyl halides is 2. The molecule has 0 bridgehead atoms. The van der Waals surface area contributed by atoms with E-state index in [0.717, 1.165) is 12.1 Å². The van der Waals surface area contributed by atoms with Crippen LogP contribution in [0, 0.1) is 17.7 Å². The molecule has 2 N–H and O–H groups in total. The average Bonchev–Trinajstić information content (AvgIpc) is 2.54. The van der Waals surface area contributed by atoms with E-state index in [1.54, 1.807) is 0 Å². The molecule has 0 radical (unpaired) electrons. The third-order valence-corrected chi connectivity index (χ3v) is 3.85. The van der Waals surface area contributed by atoms with Crippen molar-refractivity contribution in [2.24, 2.45) is 11.8 Å². The Morgan fingerprint density at radius 3 is 2.76 bits per heavy atom. The van der Waals surface area contributed by atoms with Gasteiger partial charge in [0, 0.05) is 19.2 Å². The maximum Gasteiger partial charge on any atom is 0.321 e. The van der Waals surface area contributed by atoms with Crippen molar-refractivity contribution < 1.29 is 32.6 Å². The summed E-state index contributed by atoms with van der Waals surface area (Å²) in [6.45, 7) is 1.31. The number of carboxylic acid groups (broad SMARTS) is 1. The Morgan fingerprint density at radius 2 is 2.12 bits per heavy atom. The number of carbonyl (C=O) groups is 2. The molecule has 2 amide bonds. The number of aliphatic carboxylic acids is 1. The number of nitrogens with zero attached hydrogens (tertiary/aromatic N) is 1. The summed E-state index contributed by atoms with van der Waals surface area (Å²) in [6, 6.07) is 2.57. The number of urea groups is 1. The van der Waals surface area contributed by atoms with E-state index < -0.39 is 36.8 Å². The summed E-state index contributed by atoms with van der Waals surface area (Å²) in [5, 5.41) is 11.6.